The van der Waals surface area contributed by atoms with Gasteiger partial charge in [-0.05, 0) is 36.4 Å². The van der Waals surface area contributed by atoms with Crippen molar-refractivity contribution < 1.29 is 12.8 Å². The molecule has 0 aliphatic carbocycles. The van der Waals surface area contributed by atoms with Crippen molar-refractivity contribution in [3.05, 3.63) is 54.6 Å². The molecule has 0 saturated heterocycles. The third-order valence-corrected chi connectivity index (χ3v) is 4.46. The van der Waals surface area contributed by atoms with Gasteiger partial charge in [0.25, 0.3) is 10.0 Å². The molecule has 3 rings (SSSR count). The summed E-state index contributed by atoms with van der Waals surface area (Å²) in [4.78, 5) is 4.21. The van der Waals surface area contributed by atoms with Crippen molar-refractivity contribution in [3.8, 4) is 0 Å². The molecule has 0 radical (unpaired) electrons. The largest absolute Gasteiger partial charge is 0.334 e. The van der Waals surface area contributed by atoms with Gasteiger partial charge in [-0.25, -0.2) is 17.8 Å². The molecule has 2 aromatic carbocycles. The van der Waals surface area contributed by atoms with Gasteiger partial charge >= 0.3 is 0 Å². The maximum absolute atomic E-state index is 13.1. The van der Waals surface area contributed by atoms with Crippen LogP contribution in [-0.2, 0) is 17.1 Å². The predicted molar refractivity (Wildman–Crippen MR) is 77.9 cm³/mol. The normalized spacial score (nSPS) is 11.7. The first kappa shape index (κ1) is 13.6. The van der Waals surface area contributed by atoms with E-state index in [2.05, 4.69) is 9.71 Å². The maximum Gasteiger partial charge on any atom is 0.261 e. The number of hydrogen-bond donors (Lipinski definition) is 1. The van der Waals surface area contributed by atoms with Crippen LogP contribution in [0.2, 0.25) is 0 Å². The number of sulfonamides is 1. The van der Waals surface area contributed by atoms with Crippen molar-refractivity contribution in [2.75, 3.05) is 4.72 Å². The summed E-state index contributed by atoms with van der Waals surface area (Å²) < 4.78 is 41.8. The number of anilines is 1. The molecule has 0 amide bonds. The van der Waals surface area contributed by atoms with Gasteiger partial charge in [-0.2, -0.15) is 0 Å². The highest BCUT2D eigenvalue weighted by Crippen LogP contribution is 2.20. The molecule has 1 aromatic heterocycles. The summed E-state index contributed by atoms with van der Waals surface area (Å²) >= 11 is 0. The van der Waals surface area contributed by atoms with E-state index in [0.717, 1.165) is 11.6 Å². The Morgan fingerprint density at radius 2 is 2.00 bits per heavy atom. The molecule has 0 unspecified atom stereocenters. The van der Waals surface area contributed by atoms with Crippen LogP contribution in [0.3, 0.4) is 0 Å². The van der Waals surface area contributed by atoms with Gasteiger partial charge in [-0.15, -0.1) is 0 Å². The highest BCUT2D eigenvalue weighted by atomic mass is 32.2. The van der Waals surface area contributed by atoms with Crippen LogP contribution in [0.4, 0.5) is 10.1 Å². The molecule has 0 spiro atoms. The van der Waals surface area contributed by atoms with Gasteiger partial charge in [-0.1, -0.05) is 6.07 Å². The lowest BCUT2D eigenvalue weighted by Gasteiger charge is -2.08. The second-order valence-corrected chi connectivity index (χ2v) is 6.30. The number of hydrogen-bond acceptors (Lipinski definition) is 3. The summed E-state index contributed by atoms with van der Waals surface area (Å²) in [7, 11) is -1.95. The first-order valence-corrected chi connectivity index (χ1v) is 7.63. The van der Waals surface area contributed by atoms with Gasteiger partial charge in [0.15, 0.2) is 0 Å². The molecule has 108 valence electrons. The van der Waals surface area contributed by atoms with Gasteiger partial charge in [0.2, 0.25) is 0 Å². The van der Waals surface area contributed by atoms with Gasteiger partial charge in [0.05, 0.1) is 27.9 Å². The van der Waals surface area contributed by atoms with E-state index < -0.39 is 15.8 Å². The lowest BCUT2D eigenvalue weighted by molar-refractivity contribution is 0.601. The standard InChI is InChI=1S/C14H12FN3O2S/c1-18-9-16-13-8-12(5-6-14(13)18)21(19,20)17-11-4-2-3-10(15)7-11/h2-9,17H,1H3. The number of aryl methyl sites for hydroxylation is 1. The summed E-state index contributed by atoms with van der Waals surface area (Å²) in [5, 5.41) is 0. The van der Waals surface area contributed by atoms with Crippen molar-refractivity contribution in [1.29, 1.82) is 0 Å². The van der Waals surface area contributed by atoms with E-state index in [1.54, 1.807) is 17.0 Å². The minimum absolute atomic E-state index is 0.0814. The van der Waals surface area contributed by atoms with Crippen LogP contribution in [-0.4, -0.2) is 18.0 Å². The summed E-state index contributed by atoms with van der Waals surface area (Å²) in [6.45, 7) is 0. The number of imidazole rings is 1. The summed E-state index contributed by atoms with van der Waals surface area (Å²) in [6.07, 6.45) is 1.61. The SMILES string of the molecule is Cn1cnc2cc(S(=O)(=O)Nc3cccc(F)c3)ccc21. The van der Waals surface area contributed by atoms with Crippen molar-refractivity contribution in [2.24, 2.45) is 7.05 Å². The van der Waals surface area contributed by atoms with Crippen LogP contribution >= 0.6 is 0 Å². The quantitative estimate of drug-likeness (QED) is 0.808. The van der Waals surface area contributed by atoms with E-state index in [4.69, 9.17) is 0 Å². The van der Waals surface area contributed by atoms with Gasteiger partial charge < -0.3 is 4.57 Å². The predicted octanol–water partition coefficient (Wildman–Crippen LogP) is 2.51. The number of nitrogens with one attached hydrogen (secondary N) is 1. The van der Waals surface area contributed by atoms with Crippen LogP contribution in [0.15, 0.2) is 53.7 Å². The highest BCUT2D eigenvalue weighted by molar-refractivity contribution is 7.92. The first-order valence-electron chi connectivity index (χ1n) is 6.15. The first-order chi connectivity index (χ1) is 9.95. The Kier molecular flexibility index (Phi) is 3.13. The van der Waals surface area contributed by atoms with E-state index in [9.17, 15) is 12.8 Å². The topological polar surface area (TPSA) is 64.0 Å². The van der Waals surface area contributed by atoms with E-state index >= 15 is 0 Å². The van der Waals surface area contributed by atoms with E-state index in [1.807, 2.05) is 7.05 Å². The van der Waals surface area contributed by atoms with Crippen molar-refractivity contribution >= 4 is 26.7 Å². The highest BCUT2D eigenvalue weighted by Gasteiger charge is 2.16. The van der Waals surface area contributed by atoms with Gasteiger partial charge in [-0.3, -0.25) is 4.72 Å². The molecule has 0 saturated carbocycles. The minimum atomic E-state index is -3.78. The average molecular weight is 305 g/mol. The number of fused-ring (bicyclic) bond motifs is 1. The molecule has 0 atom stereocenters. The average Bonchev–Trinajstić information content (AvgIpc) is 2.79. The molecule has 0 bridgehead atoms. The maximum atomic E-state index is 13.1. The molecule has 7 heteroatoms. The van der Waals surface area contributed by atoms with Crippen molar-refractivity contribution in [2.45, 2.75) is 4.90 Å². The zero-order valence-corrected chi connectivity index (χ0v) is 11.9. The Morgan fingerprint density at radius 1 is 1.19 bits per heavy atom. The summed E-state index contributed by atoms with van der Waals surface area (Å²) in [5.41, 5.74) is 1.59. The molecule has 1 heterocycles. The number of nitrogens with zero attached hydrogens (tertiary/aromatic N) is 2. The third kappa shape index (κ3) is 2.59. The fraction of sp³-hybridized carbons (Fsp3) is 0.0714. The lowest BCUT2D eigenvalue weighted by atomic mass is 10.3. The second-order valence-electron chi connectivity index (χ2n) is 4.62. The third-order valence-electron chi connectivity index (χ3n) is 3.08. The molecule has 1 N–H and O–H groups in total. The number of benzene rings is 2. The van der Waals surface area contributed by atoms with E-state index in [-0.39, 0.29) is 10.6 Å². The Morgan fingerprint density at radius 3 is 2.76 bits per heavy atom. The molecule has 0 aliphatic heterocycles. The monoisotopic (exact) mass is 305 g/mol. The van der Waals surface area contributed by atoms with Crippen molar-refractivity contribution in [1.82, 2.24) is 9.55 Å². The molecule has 0 aliphatic rings. The fourth-order valence-corrected chi connectivity index (χ4v) is 3.12. The Hall–Kier alpha value is -2.41. The smallest absolute Gasteiger partial charge is 0.261 e. The molecular weight excluding hydrogens is 293 g/mol. The Bertz CT molecular complexity index is 919. The summed E-state index contributed by atoms with van der Waals surface area (Å²) in [6, 6.07) is 9.95. The molecular formula is C14H12FN3O2S. The molecule has 0 fully saturated rings. The lowest BCUT2D eigenvalue weighted by Crippen LogP contribution is -2.13. The van der Waals surface area contributed by atoms with Crippen molar-refractivity contribution in [3.63, 3.8) is 0 Å². The van der Waals surface area contributed by atoms with Crippen LogP contribution in [0.25, 0.3) is 11.0 Å². The molecule has 21 heavy (non-hydrogen) atoms. The second kappa shape index (κ2) is 4.85. The van der Waals surface area contributed by atoms with Gasteiger partial charge in [0.1, 0.15) is 5.82 Å². The Labute approximate surface area is 121 Å². The van der Waals surface area contributed by atoms with E-state index in [0.29, 0.717) is 5.52 Å². The van der Waals surface area contributed by atoms with Crippen LogP contribution in [0.1, 0.15) is 0 Å². The number of aromatic nitrogens is 2. The number of rotatable bonds is 3. The van der Waals surface area contributed by atoms with Crippen LogP contribution < -0.4 is 4.72 Å². The number of halogens is 1. The fourth-order valence-electron chi connectivity index (χ4n) is 2.05. The molecule has 5 nitrogen and oxygen atoms in total. The van der Waals surface area contributed by atoms with Crippen LogP contribution in [0.5, 0.6) is 0 Å². The minimum Gasteiger partial charge on any atom is -0.334 e. The van der Waals surface area contributed by atoms with E-state index in [1.165, 1.54) is 30.3 Å². The Balaban J connectivity index is 1.99. The zero-order valence-electron chi connectivity index (χ0n) is 11.1. The molecule has 3 aromatic rings. The van der Waals surface area contributed by atoms with Gasteiger partial charge in [0, 0.05) is 7.05 Å². The zero-order chi connectivity index (χ0) is 15.0. The van der Waals surface area contributed by atoms with Crippen LogP contribution in [0, 0.1) is 5.82 Å². The summed E-state index contributed by atoms with van der Waals surface area (Å²) in [5.74, 6) is -0.504.